The second-order valence-electron chi connectivity index (χ2n) is 5.06. The van der Waals surface area contributed by atoms with Crippen LogP contribution < -0.4 is 16.4 Å². The number of rotatable bonds is 6. The SMILES string of the molecule is Cn1cc(Nc2ncc(C(N)=O)c(NCc3cccnc3)n2)cn1. The van der Waals surface area contributed by atoms with Gasteiger partial charge in [-0.05, 0) is 11.6 Å². The van der Waals surface area contributed by atoms with E-state index in [0.717, 1.165) is 11.3 Å². The van der Waals surface area contributed by atoms with Crippen LogP contribution in [0.5, 0.6) is 0 Å². The molecular weight excluding hydrogens is 308 g/mol. The Kier molecular flexibility index (Phi) is 4.32. The van der Waals surface area contributed by atoms with Gasteiger partial charge in [-0.1, -0.05) is 6.07 Å². The molecule has 3 aromatic heterocycles. The first-order valence-corrected chi connectivity index (χ1v) is 7.17. The van der Waals surface area contributed by atoms with E-state index in [4.69, 9.17) is 5.73 Å². The highest BCUT2D eigenvalue weighted by Crippen LogP contribution is 2.17. The molecule has 9 heteroatoms. The first kappa shape index (κ1) is 15.4. The molecule has 0 radical (unpaired) electrons. The van der Waals surface area contributed by atoms with E-state index in [1.807, 2.05) is 19.2 Å². The minimum Gasteiger partial charge on any atom is -0.365 e. The summed E-state index contributed by atoms with van der Waals surface area (Å²) in [6.07, 6.45) is 8.24. The smallest absolute Gasteiger partial charge is 0.254 e. The Morgan fingerprint density at radius 2 is 2.21 bits per heavy atom. The molecule has 0 aromatic carbocycles. The van der Waals surface area contributed by atoms with Crippen LogP contribution in [0.15, 0.2) is 43.1 Å². The molecule has 0 fully saturated rings. The van der Waals surface area contributed by atoms with Crippen LogP contribution in [0.2, 0.25) is 0 Å². The Bertz CT molecular complexity index is 846. The van der Waals surface area contributed by atoms with Crippen molar-refractivity contribution in [2.45, 2.75) is 6.54 Å². The van der Waals surface area contributed by atoms with Crippen LogP contribution in [0, 0.1) is 0 Å². The number of hydrogen-bond acceptors (Lipinski definition) is 7. The lowest BCUT2D eigenvalue weighted by atomic mass is 10.2. The summed E-state index contributed by atoms with van der Waals surface area (Å²) in [6, 6.07) is 3.75. The predicted octanol–water partition coefficient (Wildman–Crippen LogP) is 1.06. The molecule has 0 unspecified atom stereocenters. The van der Waals surface area contributed by atoms with Gasteiger partial charge < -0.3 is 16.4 Å². The third kappa shape index (κ3) is 3.64. The fourth-order valence-corrected chi connectivity index (χ4v) is 2.06. The highest BCUT2D eigenvalue weighted by Gasteiger charge is 2.12. The number of aromatic nitrogens is 5. The van der Waals surface area contributed by atoms with E-state index in [-0.39, 0.29) is 5.56 Å². The molecule has 0 aliphatic carbocycles. The topological polar surface area (TPSA) is 124 Å². The molecule has 0 spiro atoms. The van der Waals surface area contributed by atoms with E-state index in [9.17, 15) is 4.79 Å². The second kappa shape index (κ2) is 6.73. The molecule has 24 heavy (non-hydrogen) atoms. The van der Waals surface area contributed by atoms with Gasteiger partial charge in [-0.15, -0.1) is 0 Å². The van der Waals surface area contributed by atoms with E-state index in [1.54, 1.807) is 29.5 Å². The second-order valence-corrected chi connectivity index (χ2v) is 5.06. The molecule has 0 saturated heterocycles. The molecule has 0 aliphatic rings. The van der Waals surface area contributed by atoms with E-state index in [0.29, 0.717) is 18.3 Å². The molecule has 4 N–H and O–H groups in total. The van der Waals surface area contributed by atoms with Gasteiger partial charge in [0.05, 0.1) is 17.4 Å². The van der Waals surface area contributed by atoms with E-state index < -0.39 is 5.91 Å². The Labute approximate surface area is 138 Å². The minimum absolute atomic E-state index is 0.218. The van der Waals surface area contributed by atoms with Gasteiger partial charge in [0.1, 0.15) is 5.82 Å². The number of amides is 1. The first-order valence-electron chi connectivity index (χ1n) is 7.17. The number of pyridine rings is 1. The number of primary amides is 1. The van der Waals surface area contributed by atoms with Crippen LogP contribution in [-0.4, -0.2) is 30.6 Å². The summed E-state index contributed by atoms with van der Waals surface area (Å²) < 4.78 is 1.65. The van der Waals surface area contributed by atoms with Crippen molar-refractivity contribution in [1.29, 1.82) is 0 Å². The third-order valence-corrected chi connectivity index (χ3v) is 3.20. The highest BCUT2D eigenvalue weighted by atomic mass is 16.1. The van der Waals surface area contributed by atoms with Crippen LogP contribution in [0.3, 0.4) is 0 Å². The van der Waals surface area contributed by atoms with Crippen LogP contribution >= 0.6 is 0 Å². The summed E-state index contributed by atoms with van der Waals surface area (Å²) >= 11 is 0. The molecule has 9 nitrogen and oxygen atoms in total. The third-order valence-electron chi connectivity index (χ3n) is 3.20. The number of hydrogen-bond donors (Lipinski definition) is 3. The van der Waals surface area contributed by atoms with E-state index in [1.165, 1.54) is 6.20 Å². The minimum atomic E-state index is -0.600. The zero-order valence-electron chi connectivity index (χ0n) is 13.0. The largest absolute Gasteiger partial charge is 0.365 e. The van der Waals surface area contributed by atoms with Crippen molar-refractivity contribution < 1.29 is 4.79 Å². The first-order chi connectivity index (χ1) is 11.6. The van der Waals surface area contributed by atoms with E-state index >= 15 is 0 Å². The molecule has 3 aromatic rings. The number of nitrogens with one attached hydrogen (secondary N) is 2. The maximum atomic E-state index is 11.6. The molecule has 0 saturated carbocycles. The quantitative estimate of drug-likeness (QED) is 0.619. The maximum absolute atomic E-state index is 11.6. The Hall–Kier alpha value is -3.49. The fraction of sp³-hybridized carbons (Fsp3) is 0.133. The van der Waals surface area contributed by atoms with E-state index in [2.05, 4.69) is 30.7 Å². The molecule has 3 heterocycles. The van der Waals surface area contributed by atoms with Gasteiger partial charge in [0.25, 0.3) is 5.91 Å². The van der Waals surface area contributed by atoms with Gasteiger partial charge in [-0.3, -0.25) is 14.5 Å². The molecule has 122 valence electrons. The summed E-state index contributed by atoms with van der Waals surface area (Å²) in [5.41, 5.74) is 7.29. The van der Waals surface area contributed by atoms with Gasteiger partial charge in [0, 0.05) is 38.4 Å². The van der Waals surface area contributed by atoms with Gasteiger partial charge in [-0.25, -0.2) is 4.98 Å². The molecule has 0 bridgehead atoms. The van der Waals surface area contributed by atoms with Gasteiger partial charge in [-0.2, -0.15) is 10.1 Å². The zero-order valence-corrected chi connectivity index (χ0v) is 13.0. The summed E-state index contributed by atoms with van der Waals surface area (Å²) in [5, 5.41) is 10.2. The predicted molar refractivity (Wildman–Crippen MR) is 88.6 cm³/mol. The van der Waals surface area contributed by atoms with Crippen molar-refractivity contribution in [2.75, 3.05) is 10.6 Å². The Balaban J connectivity index is 1.81. The lowest BCUT2D eigenvalue weighted by molar-refractivity contribution is 0.100. The van der Waals surface area contributed by atoms with Crippen molar-refractivity contribution in [3.05, 3.63) is 54.2 Å². The van der Waals surface area contributed by atoms with Crippen LogP contribution in [0.1, 0.15) is 15.9 Å². The zero-order chi connectivity index (χ0) is 16.9. The van der Waals surface area contributed by atoms with Gasteiger partial charge in [0.2, 0.25) is 5.95 Å². The normalized spacial score (nSPS) is 10.4. The Morgan fingerprint density at radius 3 is 2.88 bits per heavy atom. The number of nitrogens with zero attached hydrogens (tertiary/aromatic N) is 5. The summed E-state index contributed by atoms with van der Waals surface area (Å²) in [5.74, 6) is 0.0889. The lowest BCUT2D eigenvalue weighted by Gasteiger charge is -2.10. The number of anilines is 3. The summed E-state index contributed by atoms with van der Waals surface area (Å²) in [6.45, 7) is 0.456. The average Bonchev–Trinajstić information content (AvgIpc) is 2.98. The van der Waals surface area contributed by atoms with Crippen molar-refractivity contribution in [1.82, 2.24) is 24.7 Å². The molecule has 3 rings (SSSR count). The number of aryl methyl sites for hydroxylation is 1. The number of carbonyl (C=O) groups excluding carboxylic acids is 1. The van der Waals surface area contributed by atoms with Gasteiger partial charge in [0.15, 0.2) is 0 Å². The molecule has 1 amide bonds. The van der Waals surface area contributed by atoms with Crippen LogP contribution in [0.25, 0.3) is 0 Å². The van der Waals surface area contributed by atoms with Crippen molar-refractivity contribution >= 4 is 23.4 Å². The summed E-state index contributed by atoms with van der Waals surface area (Å²) in [4.78, 5) is 24.0. The van der Waals surface area contributed by atoms with Crippen molar-refractivity contribution in [2.24, 2.45) is 12.8 Å². The van der Waals surface area contributed by atoms with Crippen molar-refractivity contribution in [3.63, 3.8) is 0 Å². The number of nitrogens with two attached hydrogens (primary N) is 1. The van der Waals surface area contributed by atoms with Crippen LogP contribution in [-0.2, 0) is 13.6 Å². The highest BCUT2D eigenvalue weighted by molar-refractivity contribution is 5.97. The standard InChI is InChI=1S/C15H16N8O/c1-23-9-11(7-20-23)21-15-19-8-12(13(16)24)14(22-15)18-6-10-3-2-4-17-5-10/h2-5,7-9H,6H2,1H3,(H2,16,24)(H2,18,19,21,22). The Morgan fingerprint density at radius 1 is 1.33 bits per heavy atom. The molecular formula is C15H16N8O. The monoisotopic (exact) mass is 324 g/mol. The average molecular weight is 324 g/mol. The lowest BCUT2D eigenvalue weighted by Crippen LogP contribution is -2.17. The maximum Gasteiger partial charge on any atom is 0.254 e. The number of carbonyl (C=O) groups is 1. The van der Waals surface area contributed by atoms with Gasteiger partial charge >= 0.3 is 0 Å². The fourth-order valence-electron chi connectivity index (χ4n) is 2.06. The van der Waals surface area contributed by atoms with Crippen LogP contribution in [0.4, 0.5) is 17.5 Å². The van der Waals surface area contributed by atoms with Crippen molar-refractivity contribution in [3.8, 4) is 0 Å². The molecule has 0 atom stereocenters. The molecule has 0 aliphatic heterocycles. The summed E-state index contributed by atoms with van der Waals surface area (Å²) in [7, 11) is 1.81.